The second-order valence-electron chi connectivity index (χ2n) is 10.2. The summed E-state index contributed by atoms with van der Waals surface area (Å²) in [6, 6.07) is 39.1. The van der Waals surface area contributed by atoms with Gasteiger partial charge in [-0.25, -0.2) is 13.2 Å². The monoisotopic (exact) mass is 587 g/mol. The lowest BCUT2D eigenvalue weighted by Crippen LogP contribution is -2.38. The minimum atomic E-state index is -3.57. The van der Waals surface area contributed by atoms with Crippen LogP contribution < -0.4 is 0 Å². The van der Waals surface area contributed by atoms with Gasteiger partial charge in [0.2, 0.25) is 10.0 Å². The van der Waals surface area contributed by atoms with Gasteiger partial charge in [-0.3, -0.25) is 0 Å². The minimum absolute atomic E-state index is 0.0228. The molecule has 41 heavy (non-hydrogen) atoms. The molecule has 0 bridgehead atoms. The van der Waals surface area contributed by atoms with E-state index in [1.165, 1.54) is 10.6 Å². The van der Waals surface area contributed by atoms with Gasteiger partial charge in [0.05, 0.1) is 17.6 Å². The van der Waals surface area contributed by atoms with Crippen LogP contribution in [0.1, 0.15) is 34.8 Å². The van der Waals surface area contributed by atoms with Gasteiger partial charge in [0.1, 0.15) is 0 Å². The number of carboxylic acid groups (broad SMARTS) is 1. The van der Waals surface area contributed by atoms with Gasteiger partial charge in [0.15, 0.2) is 6.10 Å². The fraction of sp³-hybridized carbons (Fsp3) is 0.242. The third-order valence-electron chi connectivity index (χ3n) is 7.42. The Bertz CT molecular complexity index is 1440. The smallest absolute Gasteiger partial charge is 0.337 e. The van der Waals surface area contributed by atoms with Gasteiger partial charge in [0, 0.05) is 17.8 Å². The maximum absolute atomic E-state index is 13.0. The van der Waals surface area contributed by atoms with Crippen LogP contribution in [0.15, 0.2) is 121 Å². The fourth-order valence-corrected chi connectivity index (χ4v) is 8.71. The molecule has 1 aliphatic rings. The number of rotatable bonds is 11. The van der Waals surface area contributed by atoms with Crippen LogP contribution in [-0.4, -0.2) is 54.5 Å². The van der Waals surface area contributed by atoms with E-state index in [9.17, 15) is 18.3 Å². The zero-order valence-corrected chi connectivity index (χ0v) is 24.4. The van der Waals surface area contributed by atoms with E-state index in [4.69, 9.17) is 4.74 Å². The average Bonchev–Trinajstić information content (AvgIpc) is 3.41. The standard InChI is InChI=1S/C33H33NO5S2/c1-41(37,38)34-23-30(22-29(34)24-39-31(32(35)36)25-14-6-2-7-15-25)40-33(26-16-8-3-9-17-26,27-18-10-4-11-19-27)28-20-12-5-13-21-28/h2-21,29-31H,22-24H2,1H3,(H,35,36)/t29-,30+,31+/m0/s1. The molecule has 4 aromatic rings. The van der Waals surface area contributed by atoms with Crippen molar-refractivity contribution in [3.05, 3.63) is 144 Å². The Morgan fingerprint density at radius 3 is 1.71 bits per heavy atom. The van der Waals surface area contributed by atoms with Crippen LogP contribution >= 0.6 is 11.8 Å². The topological polar surface area (TPSA) is 83.9 Å². The fourth-order valence-electron chi connectivity index (χ4n) is 5.61. The number of benzene rings is 4. The van der Waals surface area contributed by atoms with Crippen molar-refractivity contribution in [1.29, 1.82) is 0 Å². The van der Waals surface area contributed by atoms with Crippen molar-refractivity contribution < 1.29 is 23.1 Å². The van der Waals surface area contributed by atoms with E-state index in [1.54, 1.807) is 36.0 Å². The molecule has 6 nitrogen and oxygen atoms in total. The lowest BCUT2D eigenvalue weighted by atomic mass is 9.84. The van der Waals surface area contributed by atoms with Crippen LogP contribution in [0.3, 0.4) is 0 Å². The molecule has 0 unspecified atom stereocenters. The number of carboxylic acids is 1. The zero-order valence-electron chi connectivity index (χ0n) is 22.7. The Morgan fingerprint density at radius 2 is 1.29 bits per heavy atom. The van der Waals surface area contributed by atoms with Crippen LogP contribution in [-0.2, 0) is 24.3 Å². The highest BCUT2D eigenvalue weighted by Gasteiger charge is 2.45. The van der Waals surface area contributed by atoms with Crippen molar-refractivity contribution >= 4 is 27.8 Å². The summed E-state index contributed by atoms with van der Waals surface area (Å²) in [5.74, 6) is -1.11. The number of nitrogens with zero attached hydrogens (tertiary/aromatic N) is 1. The van der Waals surface area contributed by atoms with E-state index in [-0.39, 0.29) is 11.9 Å². The van der Waals surface area contributed by atoms with Crippen molar-refractivity contribution in [3.63, 3.8) is 0 Å². The first-order chi connectivity index (χ1) is 19.8. The van der Waals surface area contributed by atoms with Gasteiger partial charge >= 0.3 is 5.97 Å². The van der Waals surface area contributed by atoms with E-state index < -0.39 is 32.9 Å². The number of carbonyl (C=O) groups is 1. The molecular weight excluding hydrogens is 554 g/mol. The largest absolute Gasteiger partial charge is 0.479 e. The summed E-state index contributed by atoms with van der Waals surface area (Å²) in [7, 11) is -3.57. The predicted molar refractivity (Wildman–Crippen MR) is 163 cm³/mol. The lowest BCUT2D eigenvalue weighted by Gasteiger charge is -2.37. The first kappa shape index (κ1) is 29.1. The summed E-state index contributed by atoms with van der Waals surface area (Å²) in [5.41, 5.74) is 3.82. The van der Waals surface area contributed by atoms with Crippen LogP contribution in [0.5, 0.6) is 0 Å². The van der Waals surface area contributed by atoms with E-state index in [1.807, 2.05) is 60.7 Å². The molecule has 0 spiro atoms. The molecule has 0 aromatic heterocycles. The number of hydrogen-bond donors (Lipinski definition) is 1. The van der Waals surface area contributed by atoms with Crippen LogP contribution in [0, 0.1) is 0 Å². The molecule has 1 aliphatic heterocycles. The summed E-state index contributed by atoms with van der Waals surface area (Å²) < 4.78 is 32.7. The van der Waals surface area contributed by atoms with Crippen molar-refractivity contribution in [2.45, 2.75) is 28.6 Å². The zero-order chi connectivity index (χ0) is 28.9. The summed E-state index contributed by atoms with van der Waals surface area (Å²) in [5, 5.41) is 9.76. The predicted octanol–water partition coefficient (Wildman–Crippen LogP) is 5.96. The molecule has 3 atom stereocenters. The van der Waals surface area contributed by atoms with Crippen molar-refractivity contribution in [3.8, 4) is 0 Å². The van der Waals surface area contributed by atoms with Crippen molar-refractivity contribution in [1.82, 2.24) is 4.31 Å². The molecule has 0 amide bonds. The second kappa shape index (κ2) is 12.6. The molecule has 8 heteroatoms. The van der Waals surface area contributed by atoms with Gasteiger partial charge in [-0.2, -0.15) is 4.31 Å². The number of hydrogen-bond acceptors (Lipinski definition) is 5. The summed E-state index contributed by atoms with van der Waals surface area (Å²) >= 11 is 1.74. The second-order valence-corrected chi connectivity index (χ2v) is 13.7. The van der Waals surface area contributed by atoms with Gasteiger partial charge in [-0.05, 0) is 28.7 Å². The van der Waals surface area contributed by atoms with Gasteiger partial charge < -0.3 is 9.84 Å². The van der Waals surface area contributed by atoms with Gasteiger partial charge in [0.25, 0.3) is 0 Å². The first-order valence-electron chi connectivity index (χ1n) is 13.5. The van der Waals surface area contributed by atoms with E-state index >= 15 is 0 Å². The summed E-state index contributed by atoms with van der Waals surface area (Å²) in [6.07, 6.45) is 0.548. The van der Waals surface area contributed by atoms with E-state index in [2.05, 4.69) is 36.4 Å². The molecule has 4 aromatic carbocycles. The Hall–Kier alpha value is -3.43. The minimum Gasteiger partial charge on any atom is -0.479 e. The van der Waals surface area contributed by atoms with E-state index in [0.717, 1.165) is 16.7 Å². The molecule has 1 N–H and O–H groups in total. The maximum atomic E-state index is 13.0. The van der Waals surface area contributed by atoms with Crippen molar-refractivity contribution in [2.24, 2.45) is 0 Å². The highest BCUT2D eigenvalue weighted by atomic mass is 32.2. The third-order valence-corrected chi connectivity index (χ3v) is 10.5. The highest BCUT2D eigenvalue weighted by molar-refractivity contribution is 8.01. The van der Waals surface area contributed by atoms with Gasteiger partial charge in [-0.1, -0.05) is 121 Å². The Balaban J connectivity index is 1.50. The third kappa shape index (κ3) is 6.41. The highest BCUT2D eigenvalue weighted by Crippen LogP contribution is 2.52. The Kier molecular flexibility index (Phi) is 8.94. The number of sulfonamides is 1. The molecular formula is C33H33NO5S2. The Morgan fingerprint density at radius 1 is 0.854 bits per heavy atom. The summed E-state index contributed by atoms with van der Waals surface area (Å²) in [4.78, 5) is 12.0. The molecule has 5 rings (SSSR count). The summed E-state index contributed by atoms with van der Waals surface area (Å²) in [6.45, 7) is 0.278. The number of thioether (sulfide) groups is 1. The van der Waals surface area contributed by atoms with Crippen LogP contribution in [0.4, 0.5) is 0 Å². The average molecular weight is 588 g/mol. The molecule has 212 valence electrons. The lowest BCUT2D eigenvalue weighted by molar-refractivity contribution is -0.151. The number of ether oxygens (including phenoxy) is 1. The van der Waals surface area contributed by atoms with E-state index in [0.29, 0.717) is 18.5 Å². The number of aliphatic carboxylic acids is 1. The molecule has 1 fully saturated rings. The normalized spacial score (nSPS) is 18.7. The maximum Gasteiger partial charge on any atom is 0.337 e. The Labute approximate surface area is 246 Å². The van der Waals surface area contributed by atoms with Crippen LogP contribution in [0.2, 0.25) is 0 Å². The molecule has 1 heterocycles. The quantitative estimate of drug-likeness (QED) is 0.218. The SMILES string of the molecule is CS(=O)(=O)N1C[C@H](SC(c2ccccc2)(c2ccccc2)c2ccccc2)C[C@H]1CO[C@@H](C(=O)O)c1ccccc1. The molecule has 0 aliphatic carbocycles. The van der Waals surface area contributed by atoms with Crippen molar-refractivity contribution in [2.75, 3.05) is 19.4 Å². The molecule has 0 saturated carbocycles. The molecule has 0 radical (unpaired) electrons. The van der Waals surface area contributed by atoms with Gasteiger partial charge in [-0.15, -0.1) is 11.8 Å². The molecule has 1 saturated heterocycles. The van der Waals surface area contributed by atoms with Crippen LogP contribution in [0.25, 0.3) is 0 Å². The first-order valence-corrected chi connectivity index (χ1v) is 16.2.